The third kappa shape index (κ3) is 2.31. The molecule has 0 atom stereocenters. The molecule has 0 aliphatic rings. The highest BCUT2D eigenvalue weighted by Crippen LogP contribution is 2.44. The van der Waals surface area contributed by atoms with E-state index >= 15 is 0 Å². The Labute approximate surface area is 150 Å². The highest BCUT2D eigenvalue weighted by Gasteiger charge is 2.23. The molecule has 2 aromatic carbocycles. The number of benzene rings is 2. The van der Waals surface area contributed by atoms with Crippen LogP contribution in [0.15, 0.2) is 23.0 Å². The van der Waals surface area contributed by atoms with Crippen LogP contribution in [-0.2, 0) is 7.05 Å². The van der Waals surface area contributed by atoms with Crippen molar-refractivity contribution in [3.05, 3.63) is 28.4 Å². The largest absolute Gasteiger partial charge is 0.493 e. The standard InChI is InChI=1S/C19H21NO6/c1-20-11-9-13(23-3)18(25-5)19(26-6)14(11)16(21)10-7-8-12(22-2)17(24-4)15(10)20/h7-9H,1-6H3. The van der Waals surface area contributed by atoms with E-state index in [0.717, 1.165) is 0 Å². The number of aromatic nitrogens is 1. The summed E-state index contributed by atoms with van der Waals surface area (Å²) in [4.78, 5) is 13.3. The van der Waals surface area contributed by atoms with Crippen molar-refractivity contribution in [1.29, 1.82) is 0 Å². The Morgan fingerprint density at radius 2 is 1.38 bits per heavy atom. The number of pyridine rings is 1. The average Bonchev–Trinajstić information content (AvgIpc) is 2.68. The zero-order chi connectivity index (χ0) is 19.0. The average molecular weight is 359 g/mol. The van der Waals surface area contributed by atoms with Gasteiger partial charge in [-0.1, -0.05) is 0 Å². The van der Waals surface area contributed by atoms with Gasteiger partial charge >= 0.3 is 0 Å². The van der Waals surface area contributed by atoms with Gasteiger partial charge in [0, 0.05) is 13.1 Å². The molecule has 0 bridgehead atoms. The Morgan fingerprint density at radius 1 is 0.769 bits per heavy atom. The van der Waals surface area contributed by atoms with Gasteiger partial charge in [-0.25, -0.2) is 0 Å². The highest BCUT2D eigenvalue weighted by atomic mass is 16.5. The fraction of sp³-hybridized carbons (Fsp3) is 0.316. The lowest BCUT2D eigenvalue weighted by Crippen LogP contribution is -2.12. The summed E-state index contributed by atoms with van der Waals surface area (Å²) in [7, 11) is 9.48. The molecule has 3 rings (SSSR count). The minimum atomic E-state index is -0.188. The Balaban J connectivity index is 2.64. The van der Waals surface area contributed by atoms with Crippen molar-refractivity contribution >= 4 is 21.8 Å². The van der Waals surface area contributed by atoms with E-state index < -0.39 is 0 Å². The van der Waals surface area contributed by atoms with Crippen LogP contribution in [-0.4, -0.2) is 40.1 Å². The summed E-state index contributed by atoms with van der Waals surface area (Å²) in [5.74, 6) is 2.20. The van der Waals surface area contributed by atoms with Crippen LogP contribution < -0.4 is 29.1 Å². The van der Waals surface area contributed by atoms with Crippen molar-refractivity contribution in [2.45, 2.75) is 0 Å². The lowest BCUT2D eigenvalue weighted by Gasteiger charge is -2.19. The maximum Gasteiger partial charge on any atom is 0.204 e. The molecule has 0 saturated carbocycles. The fourth-order valence-electron chi connectivity index (χ4n) is 3.31. The van der Waals surface area contributed by atoms with Gasteiger partial charge in [-0.15, -0.1) is 0 Å². The van der Waals surface area contributed by atoms with Gasteiger partial charge in [0.15, 0.2) is 23.0 Å². The van der Waals surface area contributed by atoms with E-state index in [1.807, 2.05) is 11.6 Å². The Kier molecular flexibility index (Phi) is 4.54. The maximum atomic E-state index is 13.3. The van der Waals surface area contributed by atoms with E-state index in [2.05, 4.69) is 0 Å². The monoisotopic (exact) mass is 359 g/mol. The summed E-state index contributed by atoms with van der Waals surface area (Å²) in [5.41, 5.74) is 1.06. The molecule has 3 aromatic rings. The lowest BCUT2D eigenvalue weighted by atomic mass is 10.1. The molecule has 0 N–H and O–H groups in total. The molecular formula is C19H21NO6. The minimum Gasteiger partial charge on any atom is -0.493 e. The first-order chi connectivity index (χ1) is 12.5. The Hall–Kier alpha value is -3.09. The van der Waals surface area contributed by atoms with Gasteiger partial charge in [0.1, 0.15) is 0 Å². The number of fused-ring (bicyclic) bond motifs is 2. The number of hydrogen-bond donors (Lipinski definition) is 0. The summed E-state index contributed by atoms with van der Waals surface area (Å²) >= 11 is 0. The van der Waals surface area contributed by atoms with Crippen LogP contribution in [0, 0.1) is 0 Å². The van der Waals surface area contributed by atoms with Crippen molar-refractivity contribution in [1.82, 2.24) is 4.57 Å². The van der Waals surface area contributed by atoms with Crippen molar-refractivity contribution in [2.75, 3.05) is 35.5 Å². The molecule has 0 aliphatic carbocycles. The van der Waals surface area contributed by atoms with Crippen LogP contribution in [0.25, 0.3) is 21.8 Å². The SMILES string of the molecule is COc1cc2c(c(OC)c1OC)c(=O)c1ccc(OC)c(OC)c1n2C. The molecule has 138 valence electrons. The van der Waals surface area contributed by atoms with Crippen molar-refractivity contribution in [3.63, 3.8) is 0 Å². The summed E-state index contributed by atoms with van der Waals surface area (Å²) in [5, 5.41) is 0.899. The van der Waals surface area contributed by atoms with E-state index in [1.54, 1.807) is 32.4 Å². The van der Waals surface area contributed by atoms with E-state index in [1.165, 1.54) is 21.3 Å². The van der Waals surface area contributed by atoms with Gasteiger partial charge in [0.05, 0.1) is 57.4 Å². The summed E-state index contributed by atoms with van der Waals surface area (Å²) in [6.07, 6.45) is 0. The third-order valence-corrected chi connectivity index (χ3v) is 4.50. The summed E-state index contributed by atoms with van der Waals surface area (Å²) in [6, 6.07) is 5.17. The van der Waals surface area contributed by atoms with Crippen LogP contribution in [0.5, 0.6) is 28.7 Å². The molecule has 7 nitrogen and oxygen atoms in total. The zero-order valence-electron chi connectivity index (χ0n) is 15.6. The second-order valence-electron chi connectivity index (χ2n) is 5.62. The van der Waals surface area contributed by atoms with Crippen LogP contribution >= 0.6 is 0 Å². The molecule has 0 saturated heterocycles. The normalized spacial score (nSPS) is 10.8. The van der Waals surface area contributed by atoms with Crippen LogP contribution in [0.4, 0.5) is 0 Å². The first kappa shape index (κ1) is 17.7. The van der Waals surface area contributed by atoms with Gasteiger partial charge in [-0.2, -0.15) is 0 Å². The van der Waals surface area contributed by atoms with Gasteiger partial charge in [0.25, 0.3) is 0 Å². The van der Waals surface area contributed by atoms with E-state index in [-0.39, 0.29) is 5.43 Å². The molecule has 0 aliphatic heterocycles. The first-order valence-electron chi connectivity index (χ1n) is 7.90. The Bertz CT molecular complexity index is 1050. The van der Waals surface area contributed by atoms with Gasteiger partial charge in [0.2, 0.25) is 11.2 Å². The van der Waals surface area contributed by atoms with Crippen LogP contribution in [0.1, 0.15) is 0 Å². The Morgan fingerprint density at radius 3 is 1.92 bits per heavy atom. The number of ether oxygens (including phenoxy) is 5. The maximum absolute atomic E-state index is 13.3. The molecule has 0 radical (unpaired) electrons. The molecule has 7 heteroatoms. The zero-order valence-corrected chi connectivity index (χ0v) is 15.6. The second-order valence-corrected chi connectivity index (χ2v) is 5.62. The minimum absolute atomic E-state index is 0.188. The molecule has 1 heterocycles. The number of methoxy groups -OCH3 is 5. The topological polar surface area (TPSA) is 68.2 Å². The van der Waals surface area contributed by atoms with E-state index in [0.29, 0.717) is 50.6 Å². The van der Waals surface area contributed by atoms with Gasteiger partial charge in [-0.3, -0.25) is 4.79 Å². The lowest BCUT2D eigenvalue weighted by molar-refractivity contribution is 0.327. The second kappa shape index (κ2) is 6.67. The van der Waals surface area contributed by atoms with Crippen molar-refractivity contribution in [3.8, 4) is 28.7 Å². The number of aryl methyl sites for hydroxylation is 1. The molecule has 0 amide bonds. The predicted molar refractivity (Wildman–Crippen MR) is 99.5 cm³/mol. The van der Waals surface area contributed by atoms with Gasteiger partial charge in [-0.05, 0) is 12.1 Å². The first-order valence-corrected chi connectivity index (χ1v) is 7.90. The smallest absolute Gasteiger partial charge is 0.204 e. The quantitative estimate of drug-likeness (QED) is 0.653. The summed E-state index contributed by atoms with van der Waals surface area (Å²) in [6.45, 7) is 0. The molecule has 1 aromatic heterocycles. The predicted octanol–water partition coefficient (Wildman–Crippen LogP) is 2.73. The van der Waals surface area contributed by atoms with Crippen LogP contribution in [0.2, 0.25) is 0 Å². The summed E-state index contributed by atoms with van der Waals surface area (Å²) < 4.78 is 29.1. The molecule has 0 fully saturated rings. The van der Waals surface area contributed by atoms with Gasteiger partial charge < -0.3 is 28.3 Å². The number of hydrogen-bond acceptors (Lipinski definition) is 6. The molecule has 0 spiro atoms. The van der Waals surface area contributed by atoms with E-state index in [9.17, 15) is 4.79 Å². The number of nitrogens with zero attached hydrogens (tertiary/aromatic N) is 1. The van der Waals surface area contributed by atoms with E-state index in [4.69, 9.17) is 23.7 Å². The number of rotatable bonds is 5. The van der Waals surface area contributed by atoms with Crippen molar-refractivity contribution in [2.24, 2.45) is 7.05 Å². The van der Waals surface area contributed by atoms with Crippen LogP contribution in [0.3, 0.4) is 0 Å². The fourth-order valence-corrected chi connectivity index (χ4v) is 3.31. The molecular weight excluding hydrogens is 338 g/mol. The van der Waals surface area contributed by atoms with Crippen molar-refractivity contribution < 1.29 is 23.7 Å². The molecule has 26 heavy (non-hydrogen) atoms. The highest BCUT2D eigenvalue weighted by molar-refractivity contribution is 6.01. The molecule has 0 unspecified atom stereocenters. The third-order valence-electron chi connectivity index (χ3n) is 4.50.